The van der Waals surface area contributed by atoms with Gasteiger partial charge in [0.15, 0.2) is 0 Å². The molecule has 1 heterocycles. The average molecular weight is 372 g/mol. The Balaban J connectivity index is 1.93. The molecule has 114 valence electrons. The third-order valence-corrected chi connectivity index (χ3v) is 3.79. The van der Waals surface area contributed by atoms with Gasteiger partial charge in [-0.05, 0) is 29.8 Å². The summed E-state index contributed by atoms with van der Waals surface area (Å²) < 4.78 is 6.18. The van der Waals surface area contributed by atoms with Gasteiger partial charge in [0.2, 0.25) is 0 Å². The first kappa shape index (κ1) is 15.2. The molecule has 0 unspecified atom stereocenters. The standard InChI is InChI=1S/C17H10BrNO4/c18-14-6-4-12(5-7-14)16-10-13(17(20)23-16)8-11-2-1-3-15(9-11)19(21)22/h1-10H/b13-8-. The lowest BCUT2D eigenvalue weighted by Gasteiger charge is -2.01. The fourth-order valence-electron chi connectivity index (χ4n) is 2.15. The first-order valence-electron chi connectivity index (χ1n) is 6.69. The van der Waals surface area contributed by atoms with E-state index in [-0.39, 0.29) is 5.69 Å². The number of esters is 1. The number of benzene rings is 2. The van der Waals surface area contributed by atoms with E-state index in [1.807, 2.05) is 24.3 Å². The van der Waals surface area contributed by atoms with Crippen molar-refractivity contribution in [1.82, 2.24) is 0 Å². The molecule has 0 saturated heterocycles. The summed E-state index contributed by atoms with van der Waals surface area (Å²) in [7, 11) is 0. The van der Waals surface area contributed by atoms with Crippen LogP contribution in [0.3, 0.4) is 0 Å². The maximum absolute atomic E-state index is 12.0. The fourth-order valence-corrected chi connectivity index (χ4v) is 2.42. The summed E-state index contributed by atoms with van der Waals surface area (Å²) in [4.78, 5) is 22.3. The first-order valence-corrected chi connectivity index (χ1v) is 7.48. The van der Waals surface area contributed by atoms with Crippen LogP contribution in [0, 0.1) is 10.1 Å². The van der Waals surface area contributed by atoms with Crippen molar-refractivity contribution >= 4 is 39.4 Å². The number of non-ortho nitro benzene ring substituents is 1. The number of cyclic esters (lactones) is 1. The molecule has 0 aromatic heterocycles. The van der Waals surface area contributed by atoms with Crippen molar-refractivity contribution in [3.8, 4) is 0 Å². The molecule has 0 fully saturated rings. The van der Waals surface area contributed by atoms with Gasteiger partial charge in [0.05, 0.1) is 10.5 Å². The maximum atomic E-state index is 12.0. The van der Waals surface area contributed by atoms with Gasteiger partial charge in [-0.2, -0.15) is 0 Å². The Hall–Kier alpha value is -2.73. The smallest absolute Gasteiger partial charge is 0.343 e. The molecule has 0 radical (unpaired) electrons. The van der Waals surface area contributed by atoms with Gasteiger partial charge >= 0.3 is 5.97 Å². The largest absolute Gasteiger partial charge is 0.422 e. The lowest BCUT2D eigenvalue weighted by atomic mass is 10.1. The molecule has 0 spiro atoms. The highest BCUT2D eigenvalue weighted by Gasteiger charge is 2.22. The van der Waals surface area contributed by atoms with Gasteiger partial charge in [-0.25, -0.2) is 4.79 Å². The number of nitro groups is 1. The van der Waals surface area contributed by atoms with Crippen LogP contribution in [0.25, 0.3) is 11.8 Å². The number of ether oxygens (including phenoxy) is 1. The molecular weight excluding hydrogens is 362 g/mol. The minimum atomic E-state index is -0.477. The minimum absolute atomic E-state index is 0.0252. The summed E-state index contributed by atoms with van der Waals surface area (Å²) in [5.74, 6) is -0.0198. The van der Waals surface area contributed by atoms with Gasteiger partial charge in [0.25, 0.3) is 5.69 Å². The lowest BCUT2D eigenvalue weighted by Crippen LogP contribution is -1.97. The van der Waals surface area contributed by atoms with Crippen LogP contribution in [0.2, 0.25) is 0 Å². The molecule has 3 rings (SSSR count). The Morgan fingerprint density at radius 3 is 2.57 bits per heavy atom. The fraction of sp³-hybridized carbons (Fsp3) is 0. The number of hydrogen-bond acceptors (Lipinski definition) is 4. The molecule has 2 aromatic rings. The molecule has 1 aliphatic heterocycles. The van der Waals surface area contributed by atoms with E-state index in [4.69, 9.17) is 4.74 Å². The number of carbonyl (C=O) groups is 1. The van der Waals surface area contributed by atoms with Crippen LogP contribution in [-0.2, 0) is 9.53 Å². The number of halogens is 1. The first-order chi connectivity index (χ1) is 11.0. The van der Waals surface area contributed by atoms with Crippen LogP contribution in [0.15, 0.2) is 64.7 Å². The third-order valence-electron chi connectivity index (χ3n) is 3.26. The van der Waals surface area contributed by atoms with E-state index in [1.165, 1.54) is 12.1 Å². The molecule has 5 nitrogen and oxygen atoms in total. The normalized spacial score (nSPS) is 15.4. The van der Waals surface area contributed by atoms with Crippen LogP contribution in [0.1, 0.15) is 11.1 Å². The second-order valence-corrected chi connectivity index (χ2v) is 5.77. The summed E-state index contributed by atoms with van der Waals surface area (Å²) in [5.41, 5.74) is 1.68. The highest BCUT2D eigenvalue weighted by Crippen LogP contribution is 2.28. The lowest BCUT2D eigenvalue weighted by molar-refractivity contribution is -0.384. The zero-order valence-corrected chi connectivity index (χ0v) is 13.3. The van der Waals surface area contributed by atoms with Crippen LogP contribution in [0.4, 0.5) is 5.69 Å². The van der Waals surface area contributed by atoms with Crippen molar-refractivity contribution in [2.45, 2.75) is 0 Å². The number of hydrogen-bond donors (Lipinski definition) is 0. The summed E-state index contributed by atoms with van der Waals surface area (Å²) in [6, 6.07) is 13.4. The quantitative estimate of drug-likeness (QED) is 0.348. The van der Waals surface area contributed by atoms with Crippen molar-refractivity contribution in [3.63, 3.8) is 0 Å². The number of rotatable bonds is 3. The molecule has 1 aliphatic rings. The van der Waals surface area contributed by atoms with Crippen molar-refractivity contribution in [3.05, 3.63) is 85.9 Å². The van der Waals surface area contributed by atoms with Gasteiger partial charge in [0, 0.05) is 22.2 Å². The zero-order valence-electron chi connectivity index (χ0n) is 11.7. The van der Waals surface area contributed by atoms with Gasteiger partial charge < -0.3 is 4.74 Å². The molecule has 0 amide bonds. The summed E-state index contributed by atoms with van der Waals surface area (Å²) >= 11 is 3.35. The topological polar surface area (TPSA) is 69.4 Å². The summed E-state index contributed by atoms with van der Waals surface area (Å²) in [6.45, 7) is 0. The van der Waals surface area contributed by atoms with Gasteiger partial charge in [-0.1, -0.05) is 40.2 Å². The number of carbonyl (C=O) groups excluding carboxylic acids is 1. The highest BCUT2D eigenvalue weighted by molar-refractivity contribution is 9.10. The van der Waals surface area contributed by atoms with Crippen molar-refractivity contribution in [2.75, 3.05) is 0 Å². The molecule has 0 N–H and O–H groups in total. The van der Waals surface area contributed by atoms with Crippen LogP contribution in [-0.4, -0.2) is 10.9 Å². The summed E-state index contributed by atoms with van der Waals surface area (Å²) in [6.07, 6.45) is 3.20. The zero-order chi connectivity index (χ0) is 16.4. The molecule has 2 aromatic carbocycles. The van der Waals surface area contributed by atoms with Crippen LogP contribution >= 0.6 is 15.9 Å². The molecule has 6 heteroatoms. The average Bonchev–Trinajstić information content (AvgIpc) is 2.89. The Morgan fingerprint density at radius 1 is 1.13 bits per heavy atom. The SMILES string of the molecule is O=C1OC(c2ccc(Br)cc2)=C/C1=C/c1cccc([N+](=O)[O-])c1. The predicted molar refractivity (Wildman–Crippen MR) is 89.3 cm³/mol. The van der Waals surface area contributed by atoms with Crippen molar-refractivity contribution in [2.24, 2.45) is 0 Å². The molecule has 0 aliphatic carbocycles. The third kappa shape index (κ3) is 3.37. The molecule has 0 bridgehead atoms. The Labute approximate surface area is 140 Å². The van der Waals surface area contributed by atoms with Crippen LogP contribution in [0.5, 0.6) is 0 Å². The maximum Gasteiger partial charge on any atom is 0.343 e. The highest BCUT2D eigenvalue weighted by atomic mass is 79.9. The second kappa shape index (κ2) is 6.18. The van der Waals surface area contributed by atoms with Crippen LogP contribution < -0.4 is 0 Å². The van der Waals surface area contributed by atoms with Gasteiger partial charge in [0.1, 0.15) is 5.76 Å². The second-order valence-electron chi connectivity index (χ2n) is 4.86. The molecule has 0 atom stereocenters. The molecule has 23 heavy (non-hydrogen) atoms. The van der Waals surface area contributed by atoms with Crippen molar-refractivity contribution in [1.29, 1.82) is 0 Å². The van der Waals surface area contributed by atoms with E-state index in [9.17, 15) is 14.9 Å². The van der Waals surface area contributed by atoms with Gasteiger partial charge in [-0.3, -0.25) is 10.1 Å². The Kier molecular flexibility index (Phi) is 4.08. The predicted octanol–water partition coefficient (Wildman–Crippen LogP) is 4.34. The van der Waals surface area contributed by atoms with E-state index < -0.39 is 10.9 Å². The number of nitrogens with zero attached hydrogens (tertiary/aromatic N) is 1. The van der Waals surface area contributed by atoms with E-state index in [0.717, 1.165) is 10.0 Å². The number of nitro benzene ring substituents is 1. The van der Waals surface area contributed by atoms with Gasteiger partial charge in [-0.15, -0.1) is 0 Å². The monoisotopic (exact) mass is 371 g/mol. The van der Waals surface area contributed by atoms with Crippen molar-refractivity contribution < 1.29 is 14.5 Å². The Bertz CT molecular complexity index is 853. The van der Waals surface area contributed by atoms with E-state index >= 15 is 0 Å². The summed E-state index contributed by atoms with van der Waals surface area (Å²) in [5, 5.41) is 10.8. The Morgan fingerprint density at radius 2 is 1.87 bits per heavy atom. The molecular formula is C17H10BrNO4. The van der Waals surface area contributed by atoms with E-state index in [0.29, 0.717) is 16.9 Å². The van der Waals surface area contributed by atoms with E-state index in [2.05, 4.69) is 15.9 Å². The van der Waals surface area contributed by atoms with E-state index in [1.54, 1.807) is 24.3 Å². The minimum Gasteiger partial charge on any atom is -0.422 e. The molecule has 0 saturated carbocycles.